The van der Waals surface area contributed by atoms with E-state index in [1.807, 2.05) is 12.3 Å². The molecule has 0 saturated heterocycles. The molecule has 0 radical (unpaired) electrons. The first-order valence-electron chi connectivity index (χ1n) is 5.53. The second-order valence-corrected chi connectivity index (χ2v) is 5.25. The van der Waals surface area contributed by atoms with Gasteiger partial charge in [0.15, 0.2) is 0 Å². The van der Waals surface area contributed by atoms with E-state index in [2.05, 4.69) is 5.32 Å². The van der Waals surface area contributed by atoms with E-state index in [1.165, 1.54) is 30.0 Å². The molecule has 7 heteroatoms. The lowest BCUT2D eigenvalue weighted by Crippen LogP contribution is -2.36. The summed E-state index contributed by atoms with van der Waals surface area (Å²) in [5.74, 6) is 0.550. The molecular weight excluding hydrogens is 266 g/mol. The van der Waals surface area contributed by atoms with Gasteiger partial charge >= 0.3 is 0 Å². The maximum absolute atomic E-state index is 10.6. The van der Waals surface area contributed by atoms with Crippen molar-refractivity contribution in [1.82, 2.24) is 0 Å². The number of hydrogen-bond donors (Lipinski definition) is 2. The molecule has 0 aliphatic carbocycles. The van der Waals surface area contributed by atoms with Crippen molar-refractivity contribution in [1.29, 1.82) is 5.26 Å². The molecule has 0 amide bonds. The highest BCUT2D eigenvalue weighted by Gasteiger charge is 2.20. The fourth-order valence-corrected chi connectivity index (χ4v) is 2.26. The number of nitro benzene ring substituents is 1. The molecule has 6 nitrogen and oxygen atoms in total. The molecule has 0 fully saturated rings. The average Bonchev–Trinajstić information content (AvgIpc) is 2.36. The molecule has 0 heterocycles. The van der Waals surface area contributed by atoms with Gasteiger partial charge in [-0.05, 0) is 19.2 Å². The number of non-ortho nitro benzene ring substituents is 1. The fraction of sp³-hybridized carbons (Fsp3) is 0.417. The number of nitrogens with zero attached hydrogens (tertiary/aromatic N) is 2. The predicted octanol–water partition coefficient (Wildman–Crippen LogP) is 1.99. The van der Waals surface area contributed by atoms with E-state index in [1.54, 1.807) is 6.92 Å². The number of rotatable bonds is 6. The Labute approximate surface area is 115 Å². The number of aliphatic hydroxyl groups is 1. The molecule has 1 unspecified atom stereocenters. The summed E-state index contributed by atoms with van der Waals surface area (Å²) in [5.41, 5.74) is -0.366. The van der Waals surface area contributed by atoms with E-state index in [0.29, 0.717) is 11.4 Å². The van der Waals surface area contributed by atoms with Crippen LogP contribution in [0.4, 0.5) is 11.4 Å². The molecule has 0 bridgehead atoms. The van der Waals surface area contributed by atoms with Gasteiger partial charge < -0.3 is 10.4 Å². The van der Waals surface area contributed by atoms with Gasteiger partial charge in [-0.25, -0.2) is 0 Å². The van der Waals surface area contributed by atoms with Crippen LogP contribution in [0.3, 0.4) is 0 Å². The van der Waals surface area contributed by atoms with Crippen LogP contribution in [0, 0.1) is 21.4 Å². The largest absolute Gasteiger partial charge is 0.387 e. The van der Waals surface area contributed by atoms with Crippen molar-refractivity contribution in [2.75, 3.05) is 23.9 Å². The number of nitrogens with one attached hydrogen (secondary N) is 1. The minimum Gasteiger partial charge on any atom is -0.387 e. The van der Waals surface area contributed by atoms with E-state index in [0.717, 1.165) is 0 Å². The molecule has 19 heavy (non-hydrogen) atoms. The minimum absolute atomic E-state index is 0.127. The van der Waals surface area contributed by atoms with Gasteiger partial charge in [-0.1, -0.05) is 0 Å². The van der Waals surface area contributed by atoms with Crippen LogP contribution in [-0.4, -0.2) is 34.2 Å². The van der Waals surface area contributed by atoms with E-state index < -0.39 is 10.5 Å². The molecule has 0 spiro atoms. The number of nitriles is 1. The summed E-state index contributed by atoms with van der Waals surface area (Å²) < 4.78 is 0. The number of benzene rings is 1. The Hall–Kier alpha value is -1.78. The molecule has 0 aliphatic heterocycles. The smallest absolute Gasteiger partial charge is 0.270 e. The zero-order chi connectivity index (χ0) is 14.5. The lowest BCUT2D eigenvalue weighted by molar-refractivity contribution is -0.384. The van der Waals surface area contributed by atoms with Crippen LogP contribution in [0.5, 0.6) is 0 Å². The molecule has 1 aromatic rings. The third-order valence-electron chi connectivity index (χ3n) is 2.45. The predicted molar refractivity (Wildman–Crippen MR) is 75.3 cm³/mol. The van der Waals surface area contributed by atoms with Crippen molar-refractivity contribution in [3.05, 3.63) is 33.9 Å². The highest BCUT2D eigenvalue weighted by atomic mass is 32.2. The summed E-state index contributed by atoms with van der Waals surface area (Å²) in [4.78, 5) is 10.1. The van der Waals surface area contributed by atoms with Crippen LogP contribution in [-0.2, 0) is 0 Å². The zero-order valence-electron chi connectivity index (χ0n) is 10.7. The van der Waals surface area contributed by atoms with Crippen molar-refractivity contribution >= 4 is 23.1 Å². The van der Waals surface area contributed by atoms with Gasteiger partial charge in [-0.3, -0.25) is 10.1 Å². The summed E-state index contributed by atoms with van der Waals surface area (Å²) in [6, 6.07) is 5.92. The van der Waals surface area contributed by atoms with Crippen LogP contribution in [0.25, 0.3) is 0 Å². The third kappa shape index (κ3) is 4.43. The quantitative estimate of drug-likeness (QED) is 0.611. The number of hydrogen-bond acceptors (Lipinski definition) is 6. The van der Waals surface area contributed by atoms with Gasteiger partial charge in [0.05, 0.1) is 21.8 Å². The summed E-state index contributed by atoms with van der Waals surface area (Å²) in [6.07, 6.45) is 1.89. The van der Waals surface area contributed by atoms with E-state index >= 15 is 0 Å². The van der Waals surface area contributed by atoms with Crippen LogP contribution >= 0.6 is 11.8 Å². The lowest BCUT2D eigenvalue weighted by atomic mass is 10.1. The zero-order valence-corrected chi connectivity index (χ0v) is 11.5. The molecule has 1 rings (SSSR count). The Morgan fingerprint density at radius 3 is 2.84 bits per heavy atom. The van der Waals surface area contributed by atoms with E-state index in [4.69, 9.17) is 5.26 Å². The lowest BCUT2D eigenvalue weighted by Gasteiger charge is -2.23. The Kier molecular flexibility index (Phi) is 5.15. The van der Waals surface area contributed by atoms with Gasteiger partial charge in [0, 0.05) is 24.4 Å². The van der Waals surface area contributed by atoms with E-state index in [-0.39, 0.29) is 17.8 Å². The van der Waals surface area contributed by atoms with Gasteiger partial charge in [0.1, 0.15) is 6.07 Å². The van der Waals surface area contributed by atoms with Gasteiger partial charge in [-0.15, -0.1) is 0 Å². The fourth-order valence-electron chi connectivity index (χ4n) is 1.54. The van der Waals surface area contributed by atoms with Crippen LogP contribution in [0.1, 0.15) is 12.5 Å². The van der Waals surface area contributed by atoms with Crippen LogP contribution in [0.15, 0.2) is 18.2 Å². The second kappa shape index (κ2) is 6.41. The second-order valence-electron chi connectivity index (χ2n) is 4.38. The SMILES string of the molecule is CSCC(C)(O)CNc1ccc([N+](=O)[O-])cc1C#N. The normalized spacial score (nSPS) is 13.4. The van der Waals surface area contributed by atoms with Crippen molar-refractivity contribution in [2.45, 2.75) is 12.5 Å². The molecule has 0 saturated carbocycles. The number of nitro groups is 1. The molecule has 0 aliphatic rings. The topological polar surface area (TPSA) is 99.2 Å². The maximum atomic E-state index is 10.6. The van der Waals surface area contributed by atoms with Crippen molar-refractivity contribution in [3.63, 3.8) is 0 Å². The monoisotopic (exact) mass is 281 g/mol. The van der Waals surface area contributed by atoms with Crippen molar-refractivity contribution < 1.29 is 10.0 Å². The molecule has 1 atom stereocenters. The summed E-state index contributed by atoms with van der Waals surface area (Å²) in [5, 5.41) is 32.5. The standard InChI is InChI=1S/C12H15N3O3S/c1-12(16,8-19-2)7-14-11-4-3-10(15(17)18)5-9(11)6-13/h3-5,14,16H,7-8H2,1-2H3. The van der Waals surface area contributed by atoms with Crippen LogP contribution < -0.4 is 5.32 Å². The van der Waals surface area contributed by atoms with Gasteiger partial charge in [0.2, 0.25) is 0 Å². The average molecular weight is 281 g/mol. The number of thioether (sulfide) groups is 1. The van der Waals surface area contributed by atoms with E-state index in [9.17, 15) is 15.2 Å². The summed E-state index contributed by atoms with van der Waals surface area (Å²) in [7, 11) is 0. The molecule has 0 aromatic heterocycles. The first kappa shape index (κ1) is 15.3. The molecule has 2 N–H and O–H groups in total. The van der Waals surface area contributed by atoms with Crippen molar-refractivity contribution in [2.24, 2.45) is 0 Å². The minimum atomic E-state index is -0.909. The Bertz CT molecular complexity index is 511. The summed E-state index contributed by atoms with van der Waals surface area (Å²) >= 11 is 1.52. The first-order chi connectivity index (χ1) is 8.89. The van der Waals surface area contributed by atoms with Crippen LogP contribution in [0.2, 0.25) is 0 Å². The Morgan fingerprint density at radius 2 is 2.32 bits per heavy atom. The maximum Gasteiger partial charge on any atom is 0.270 e. The first-order valence-corrected chi connectivity index (χ1v) is 6.93. The van der Waals surface area contributed by atoms with Gasteiger partial charge in [-0.2, -0.15) is 17.0 Å². The Morgan fingerprint density at radius 1 is 1.63 bits per heavy atom. The molecule has 1 aromatic carbocycles. The summed E-state index contributed by atoms with van der Waals surface area (Å²) in [6.45, 7) is 1.95. The molecular formula is C12H15N3O3S. The number of anilines is 1. The third-order valence-corrected chi connectivity index (χ3v) is 3.36. The highest BCUT2D eigenvalue weighted by Crippen LogP contribution is 2.22. The highest BCUT2D eigenvalue weighted by molar-refractivity contribution is 7.98. The van der Waals surface area contributed by atoms with Gasteiger partial charge in [0.25, 0.3) is 5.69 Å². The molecule has 102 valence electrons. The van der Waals surface area contributed by atoms with Crippen molar-refractivity contribution in [3.8, 4) is 6.07 Å². The Balaban J connectivity index is 2.85.